The van der Waals surface area contributed by atoms with Gasteiger partial charge in [-0.1, -0.05) is 66.7 Å². The van der Waals surface area contributed by atoms with Gasteiger partial charge in [0.2, 0.25) is 0 Å². The van der Waals surface area contributed by atoms with Gasteiger partial charge in [-0.25, -0.2) is 0 Å². The Morgan fingerprint density at radius 3 is 2.27 bits per heavy atom. The second-order valence-electron chi connectivity index (χ2n) is 5.81. The molecule has 22 heavy (non-hydrogen) atoms. The minimum Gasteiger partial charge on any atom is -0.293 e. The van der Waals surface area contributed by atoms with E-state index in [1.807, 2.05) is 42.5 Å². The highest BCUT2D eigenvalue weighted by molar-refractivity contribution is 6.07. The molecule has 0 fully saturated rings. The van der Waals surface area contributed by atoms with E-state index in [9.17, 15) is 4.79 Å². The second kappa shape index (κ2) is 5.27. The number of hydrogen-bond donors (Lipinski definition) is 0. The molecule has 0 spiro atoms. The van der Waals surface area contributed by atoms with Crippen molar-refractivity contribution in [1.82, 2.24) is 0 Å². The summed E-state index contributed by atoms with van der Waals surface area (Å²) in [6.07, 6.45) is 4.91. The van der Waals surface area contributed by atoms with Gasteiger partial charge in [0.05, 0.1) is 0 Å². The summed E-state index contributed by atoms with van der Waals surface area (Å²) in [6.45, 7) is 0. The van der Waals surface area contributed by atoms with Crippen LogP contribution in [0.25, 0.3) is 16.8 Å². The van der Waals surface area contributed by atoms with Crippen LogP contribution in [0.15, 0.2) is 72.8 Å². The Balaban J connectivity index is 1.72. The first-order valence-corrected chi connectivity index (χ1v) is 7.60. The number of ketones is 1. The van der Waals surface area contributed by atoms with Crippen molar-refractivity contribution in [1.29, 1.82) is 0 Å². The van der Waals surface area contributed by atoms with Crippen LogP contribution >= 0.6 is 0 Å². The van der Waals surface area contributed by atoms with E-state index in [1.54, 1.807) is 0 Å². The predicted octanol–water partition coefficient (Wildman–Crippen LogP) is 4.91. The lowest BCUT2D eigenvalue weighted by Crippen LogP contribution is -2.19. The zero-order chi connectivity index (χ0) is 14.9. The van der Waals surface area contributed by atoms with Gasteiger partial charge in [-0.3, -0.25) is 4.79 Å². The van der Waals surface area contributed by atoms with Crippen LogP contribution < -0.4 is 0 Å². The number of rotatable bonds is 2. The molecule has 0 radical (unpaired) electrons. The number of carbonyl (C=O) groups excluding carboxylic acids is 1. The number of hydrogen-bond acceptors (Lipinski definition) is 1. The molecule has 0 saturated carbocycles. The minimum atomic E-state index is -0.0592. The number of Topliss-reactive ketones (excluding diaryl/α,β-unsaturated/α-hetero) is 1. The smallest absolute Gasteiger partial charge is 0.170 e. The van der Waals surface area contributed by atoms with Crippen LogP contribution in [-0.2, 0) is 6.42 Å². The highest BCUT2D eigenvalue weighted by atomic mass is 16.1. The molecule has 1 heteroatoms. The summed E-state index contributed by atoms with van der Waals surface area (Å²) in [6, 6.07) is 22.5. The summed E-state index contributed by atoms with van der Waals surface area (Å²) in [5.41, 5.74) is 3.09. The van der Waals surface area contributed by atoms with Gasteiger partial charge in [0.15, 0.2) is 5.78 Å². The van der Waals surface area contributed by atoms with E-state index in [2.05, 4.69) is 36.4 Å². The maximum atomic E-state index is 12.8. The molecule has 1 aliphatic rings. The number of carbonyl (C=O) groups is 1. The van der Waals surface area contributed by atoms with Gasteiger partial charge in [-0.15, -0.1) is 0 Å². The van der Waals surface area contributed by atoms with Crippen molar-refractivity contribution in [2.75, 3.05) is 0 Å². The minimum absolute atomic E-state index is 0.0592. The molecule has 0 heterocycles. The normalized spacial score (nSPS) is 16.7. The van der Waals surface area contributed by atoms with Crippen LogP contribution in [0.5, 0.6) is 0 Å². The van der Waals surface area contributed by atoms with Crippen LogP contribution in [0.4, 0.5) is 0 Å². The molecule has 0 amide bonds. The average Bonchev–Trinajstić information content (AvgIpc) is 2.57. The molecule has 3 aromatic rings. The van der Waals surface area contributed by atoms with Crippen molar-refractivity contribution in [3.8, 4) is 0 Å². The number of fused-ring (bicyclic) bond motifs is 2. The van der Waals surface area contributed by atoms with Crippen molar-refractivity contribution in [2.24, 2.45) is 5.92 Å². The van der Waals surface area contributed by atoms with Crippen LogP contribution in [0, 0.1) is 5.92 Å². The SMILES string of the molecule is O=C1c2cc3ccccc3cc2C=CC1Cc1ccccc1. The Hall–Kier alpha value is -2.67. The van der Waals surface area contributed by atoms with E-state index in [4.69, 9.17) is 0 Å². The lowest BCUT2D eigenvalue weighted by molar-refractivity contribution is 0.0943. The summed E-state index contributed by atoms with van der Waals surface area (Å²) >= 11 is 0. The molecule has 3 aromatic carbocycles. The highest BCUT2D eigenvalue weighted by Crippen LogP contribution is 2.29. The maximum absolute atomic E-state index is 12.8. The van der Waals surface area contributed by atoms with Crippen molar-refractivity contribution in [3.05, 3.63) is 89.5 Å². The van der Waals surface area contributed by atoms with Gasteiger partial charge < -0.3 is 0 Å². The molecule has 0 saturated heterocycles. The van der Waals surface area contributed by atoms with Crippen LogP contribution in [0.1, 0.15) is 21.5 Å². The monoisotopic (exact) mass is 284 g/mol. The molecule has 1 aliphatic carbocycles. The summed E-state index contributed by atoms with van der Waals surface area (Å²) in [4.78, 5) is 12.8. The molecule has 1 atom stereocenters. The Morgan fingerprint density at radius 2 is 1.50 bits per heavy atom. The first-order valence-electron chi connectivity index (χ1n) is 7.60. The molecule has 1 nitrogen and oxygen atoms in total. The molecule has 106 valence electrons. The highest BCUT2D eigenvalue weighted by Gasteiger charge is 2.24. The fourth-order valence-electron chi connectivity index (χ4n) is 3.14. The third-order valence-electron chi connectivity index (χ3n) is 4.33. The van der Waals surface area contributed by atoms with Gasteiger partial charge in [0.1, 0.15) is 0 Å². The lowest BCUT2D eigenvalue weighted by atomic mass is 9.83. The third kappa shape index (κ3) is 2.25. The van der Waals surface area contributed by atoms with Gasteiger partial charge >= 0.3 is 0 Å². The fraction of sp³-hybridized carbons (Fsp3) is 0.0952. The Labute approximate surface area is 129 Å². The molecule has 0 aromatic heterocycles. The van der Waals surface area contributed by atoms with Gasteiger partial charge in [0.25, 0.3) is 0 Å². The molecular weight excluding hydrogens is 268 g/mol. The first kappa shape index (κ1) is 13.0. The van der Waals surface area contributed by atoms with Crippen molar-refractivity contribution in [2.45, 2.75) is 6.42 Å². The first-order chi connectivity index (χ1) is 10.8. The van der Waals surface area contributed by atoms with Crippen LogP contribution in [0.3, 0.4) is 0 Å². The zero-order valence-electron chi connectivity index (χ0n) is 12.2. The van der Waals surface area contributed by atoms with E-state index in [-0.39, 0.29) is 11.7 Å². The number of benzene rings is 3. The fourth-order valence-corrected chi connectivity index (χ4v) is 3.14. The topological polar surface area (TPSA) is 17.1 Å². The Kier molecular flexibility index (Phi) is 3.12. The van der Waals surface area contributed by atoms with E-state index in [0.29, 0.717) is 0 Å². The standard InChI is InChI=1S/C21H16O/c22-21-19(12-15-6-2-1-3-7-15)11-10-18-13-16-8-4-5-9-17(16)14-20(18)21/h1-11,13-14,19H,12H2. The lowest BCUT2D eigenvalue weighted by Gasteiger charge is -2.19. The molecule has 1 unspecified atom stereocenters. The summed E-state index contributed by atoms with van der Waals surface area (Å²) in [5.74, 6) is 0.170. The van der Waals surface area contributed by atoms with Gasteiger partial charge in [0, 0.05) is 11.5 Å². The summed E-state index contributed by atoms with van der Waals surface area (Å²) in [7, 11) is 0. The summed E-state index contributed by atoms with van der Waals surface area (Å²) in [5, 5.41) is 2.31. The largest absolute Gasteiger partial charge is 0.293 e. The summed E-state index contributed by atoms with van der Waals surface area (Å²) < 4.78 is 0. The Bertz CT molecular complexity index is 875. The second-order valence-corrected chi connectivity index (χ2v) is 5.81. The molecular formula is C21H16O. The average molecular weight is 284 g/mol. The molecule has 0 aliphatic heterocycles. The van der Waals surface area contributed by atoms with E-state index in [1.165, 1.54) is 10.9 Å². The van der Waals surface area contributed by atoms with E-state index in [0.717, 1.165) is 22.9 Å². The van der Waals surface area contributed by atoms with Crippen LogP contribution in [0.2, 0.25) is 0 Å². The van der Waals surface area contributed by atoms with Crippen molar-refractivity contribution >= 4 is 22.6 Å². The van der Waals surface area contributed by atoms with E-state index < -0.39 is 0 Å². The molecule has 0 N–H and O–H groups in total. The van der Waals surface area contributed by atoms with E-state index >= 15 is 0 Å². The van der Waals surface area contributed by atoms with Crippen molar-refractivity contribution < 1.29 is 4.79 Å². The molecule has 4 rings (SSSR count). The predicted molar refractivity (Wildman–Crippen MR) is 90.9 cm³/mol. The molecule has 0 bridgehead atoms. The van der Waals surface area contributed by atoms with Gasteiger partial charge in [-0.2, -0.15) is 0 Å². The Morgan fingerprint density at radius 1 is 0.818 bits per heavy atom. The van der Waals surface area contributed by atoms with Crippen molar-refractivity contribution in [3.63, 3.8) is 0 Å². The van der Waals surface area contributed by atoms with Crippen LogP contribution in [-0.4, -0.2) is 5.78 Å². The number of allylic oxidation sites excluding steroid dienone is 1. The third-order valence-corrected chi connectivity index (χ3v) is 4.33. The zero-order valence-corrected chi connectivity index (χ0v) is 12.2. The maximum Gasteiger partial charge on any atom is 0.170 e. The van der Waals surface area contributed by atoms with Gasteiger partial charge in [-0.05, 0) is 40.5 Å². The quantitative estimate of drug-likeness (QED) is 0.653.